The van der Waals surface area contributed by atoms with Crippen LogP contribution in [0.1, 0.15) is 13.8 Å². The van der Waals surface area contributed by atoms with E-state index in [0.717, 1.165) is 28.4 Å². The van der Waals surface area contributed by atoms with Crippen molar-refractivity contribution in [2.24, 2.45) is 0 Å². The van der Waals surface area contributed by atoms with Gasteiger partial charge in [0.05, 0.1) is 18.8 Å². The van der Waals surface area contributed by atoms with E-state index in [1.54, 1.807) is 18.2 Å². The molecule has 4 aromatic rings. The highest BCUT2D eigenvalue weighted by molar-refractivity contribution is 6.10. The lowest BCUT2D eigenvalue weighted by Crippen LogP contribution is -2.45. The van der Waals surface area contributed by atoms with E-state index in [0.29, 0.717) is 23.7 Å². The maximum absolute atomic E-state index is 13.4. The number of carbonyl (C=O) groups is 2. The Kier molecular flexibility index (Phi) is 7.09. The number of hydrogen-bond acceptors (Lipinski definition) is 5. The molecule has 37 heavy (non-hydrogen) atoms. The first-order chi connectivity index (χ1) is 18.1. The van der Waals surface area contributed by atoms with Crippen LogP contribution in [-0.4, -0.2) is 47.1 Å². The Morgan fingerprint density at radius 2 is 1.70 bits per heavy atom. The number of nitrogens with zero attached hydrogens (tertiary/aromatic N) is 2. The molecule has 0 fully saturated rings. The zero-order valence-electron chi connectivity index (χ0n) is 20.9. The molecule has 1 aliphatic heterocycles. The van der Waals surface area contributed by atoms with E-state index in [1.807, 2.05) is 55.5 Å². The number of carbonyl (C=O) groups excluding carboxylic acids is 2. The Morgan fingerprint density at radius 1 is 0.946 bits per heavy atom. The van der Waals surface area contributed by atoms with Gasteiger partial charge in [-0.25, -0.2) is 0 Å². The Hall–Kier alpha value is -4.30. The summed E-state index contributed by atoms with van der Waals surface area (Å²) in [4.78, 5) is 33.3. The summed E-state index contributed by atoms with van der Waals surface area (Å²) in [6, 6.07) is 22.5. The monoisotopic (exact) mass is 498 g/mol. The molecule has 190 valence electrons. The highest BCUT2D eigenvalue weighted by Gasteiger charge is 2.34. The highest BCUT2D eigenvalue weighted by Crippen LogP contribution is 2.31. The van der Waals surface area contributed by atoms with Crippen LogP contribution < -0.4 is 15.5 Å². The van der Waals surface area contributed by atoms with Gasteiger partial charge >= 0.3 is 0 Å². The molecule has 0 unspecified atom stereocenters. The average molecular weight is 499 g/mol. The number of nitrogens with one attached hydrogen (secondary N) is 2. The third kappa shape index (κ3) is 5.01. The van der Waals surface area contributed by atoms with Crippen LogP contribution >= 0.6 is 0 Å². The predicted molar refractivity (Wildman–Crippen MR) is 144 cm³/mol. The minimum atomic E-state index is -0.803. The molecule has 0 bridgehead atoms. The van der Waals surface area contributed by atoms with Gasteiger partial charge in [0.15, 0.2) is 6.61 Å². The number of fused-ring (bicyclic) bond motifs is 3. The molecule has 5 rings (SSSR count). The molecule has 1 aromatic heterocycles. The van der Waals surface area contributed by atoms with E-state index in [9.17, 15) is 9.59 Å². The number of para-hydroxylation sites is 2. The Labute approximate surface area is 215 Å². The van der Waals surface area contributed by atoms with Gasteiger partial charge in [-0.3, -0.25) is 19.9 Å². The van der Waals surface area contributed by atoms with Crippen LogP contribution in [0.4, 0.5) is 5.69 Å². The summed E-state index contributed by atoms with van der Waals surface area (Å²) < 4.78 is 7.90. The van der Waals surface area contributed by atoms with Crippen molar-refractivity contribution in [3.05, 3.63) is 84.6 Å². The highest BCUT2D eigenvalue weighted by atomic mass is 16.6. The van der Waals surface area contributed by atoms with Crippen molar-refractivity contribution < 1.29 is 19.2 Å². The summed E-state index contributed by atoms with van der Waals surface area (Å²) >= 11 is 0. The Balaban J connectivity index is 1.37. The molecule has 2 heterocycles. The fourth-order valence-corrected chi connectivity index (χ4v) is 4.74. The number of amides is 2. The SMILES string of the molecule is CCONC1=C[C@@H](C(=O)Nc2ccc3c(c2)c2ccccc2n3CC)N(C(=O)COc2ccccc2)C1. The van der Waals surface area contributed by atoms with Crippen LogP contribution in [0.15, 0.2) is 84.6 Å². The van der Waals surface area contributed by atoms with Gasteiger partial charge in [0.2, 0.25) is 0 Å². The molecule has 0 saturated heterocycles. The molecule has 3 aromatic carbocycles. The number of hydrogen-bond donors (Lipinski definition) is 2. The van der Waals surface area contributed by atoms with Crippen molar-refractivity contribution in [3.8, 4) is 5.75 Å². The maximum atomic E-state index is 13.4. The molecule has 2 amide bonds. The number of aromatic nitrogens is 1. The fraction of sp³-hybridized carbons (Fsp3) is 0.241. The minimum Gasteiger partial charge on any atom is -0.484 e. The van der Waals surface area contributed by atoms with Gasteiger partial charge in [0.1, 0.15) is 11.8 Å². The van der Waals surface area contributed by atoms with Crippen molar-refractivity contribution in [3.63, 3.8) is 0 Å². The van der Waals surface area contributed by atoms with E-state index in [1.165, 1.54) is 4.90 Å². The van der Waals surface area contributed by atoms with Crippen LogP contribution in [0.25, 0.3) is 21.8 Å². The molecule has 0 aliphatic carbocycles. The van der Waals surface area contributed by atoms with Gasteiger partial charge in [-0.2, -0.15) is 0 Å². The summed E-state index contributed by atoms with van der Waals surface area (Å²) in [6.07, 6.45) is 1.72. The van der Waals surface area contributed by atoms with Crippen LogP contribution in [0.3, 0.4) is 0 Å². The van der Waals surface area contributed by atoms with Gasteiger partial charge < -0.3 is 19.5 Å². The molecular formula is C29H30N4O4. The molecule has 0 spiro atoms. The molecule has 0 saturated carbocycles. The lowest BCUT2D eigenvalue weighted by molar-refractivity contribution is -0.137. The molecule has 8 heteroatoms. The van der Waals surface area contributed by atoms with Crippen molar-refractivity contribution in [1.29, 1.82) is 0 Å². The maximum Gasteiger partial charge on any atom is 0.261 e. The summed E-state index contributed by atoms with van der Waals surface area (Å²) in [5.74, 6) is -0.00817. The Bertz CT molecular complexity index is 1460. The van der Waals surface area contributed by atoms with E-state index in [4.69, 9.17) is 9.57 Å². The molecule has 1 aliphatic rings. The van der Waals surface area contributed by atoms with Crippen LogP contribution in [0.2, 0.25) is 0 Å². The zero-order valence-corrected chi connectivity index (χ0v) is 20.9. The van der Waals surface area contributed by atoms with Crippen LogP contribution in [-0.2, 0) is 21.0 Å². The van der Waals surface area contributed by atoms with E-state index in [-0.39, 0.29) is 25.0 Å². The summed E-state index contributed by atoms with van der Waals surface area (Å²) in [5, 5.41) is 5.21. The zero-order chi connectivity index (χ0) is 25.8. The third-order valence-corrected chi connectivity index (χ3v) is 6.43. The second-order valence-electron chi connectivity index (χ2n) is 8.78. The third-order valence-electron chi connectivity index (χ3n) is 6.43. The Morgan fingerprint density at radius 3 is 2.49 bits per heavy atom. The van der Waals surface area contributed by atoms with E-state index in [2.05, 4.69) is 34.4 Å². The van der Waals surface area contributed by atoms with Crippen LogP contribution in [0.5, 0.6) is 5.75 Å². The molecular weight excluding hydrogens is 468 g/mol. The minimum absolute atomic E-state index is 0.175. The first kappa shape index (κ1) is 24.4. The fourth-order valence-electron chi connectivity index (χ4n) is 4.74. The normalized spacial score (nSPS) is 15.1. The van der Waals surface area contributed by atoms with Crippen molar-refractivity contribution >= 4 is 39.3 Å². The largest absolute Gasteiger partial charge is 0.484 e. The lowest BCUT2D eigenvalue weighted by Gasteiger charge is -2.24. The van der Waals surface area contributed by atoms with E-state index >= 15 is 0 Å². The van der Waals surface area contributed by atoms with Gasteiger partial charge in [0, 0.05) is 34.0 Å². The first-order valence-corrected chi connectivity index (χ1v) is 12.5. The number of benzene rings is 3. The van der Waals surface area contributed by atoms with Crippen LogP contribution in [0, 0.1) is 0 Å². The van der Waals surface area contributed by atoms with Crippen molar-refractivity contribution in [2.75, 3.05) is 25.1 Å². The second kappa shape index (κ2) is 10.8. The summed E-state index contributed by atoms with van der Waals surface area (Å²) in [6.45, 7) is 5.32. The number of ether oxygens (including phenoxy) is 1. The standard InChI is InChI=1S/C29H30N4O4/c1-3-32-25-13-9-8-12-23(25)24-16-20(14-15-26(24)32)30-29(35)27-17-21(31-37-4-2)18-33(27)28(34)19-36-22-10-6-5-7-11-22/h5-17,27,31H,3-4,18-19H2,1-2H3,(H,30,35)/t27-/m0/s1. The molecule has 8 nitrogen and oxygen atoms in total. The van der Waals surface area contributed by atoms with Crippen molar-refractivity contribution in [1.82, 2.24) is 14.9 Å². The number of anilines is 1. The topological polar surface area (TPSA) is 84.8 Å². The second-order valence-corrected chi connectivity index (χ2v) is 8.78. The van der Waals surface area contributed by atoms with Gasteiger partial charge in [0.25, 0.3) is 11.8 Å². The van der Waals surface area contributed by atoms with Gasteiger partial charge in [-0.15, -0.1) is 0 Å². The predicted octanol–water partition coefficient (Wildman–Crippen LogP) is 4.47. The quantitative estimate of drug-likeness (QED) is 0.333. The van der Waals surface area contributed by atoms with Crippen molar-refractivity contribution in [2.45, 2.75) is 26.4 Å². The molecule has 0 radical (unpaired) electrons. The number of aryl methyl sites for hydroxylation is 1. The van der Waals surface area contributed by atoms with Gasteiger partial charge in [-0.05, 0) is 56.3 Å². The number of rotatable bonds is 9. The molecule has 2 N–H and O–H groups in total. The molecule has 1 atom stereocenters. The smallest absolute Gasteiger partial charge is 0.261 e. The lowest BCUT2D eigenvalue weighted by atomic mass is 10.1. The summed E-state index contributed by atoms with van der Waals surface area (Å²) in [5.41, 5.74) is 6.42. The number of hydroxylamine groups is 1. The van der Waals surface area contributed by atoms with E-state index < -0.39 is 6.04 Å². The van der Waals surface area contributed by atoms with Gasteiger partial charge in [-0.1, -0.05) is 36.4 Å². The summed E-state index contributed by atoms with van der Waals surface area (Å²) in [7, 11) is 0. The first-order valence-electron chi connectivity index (χ1n) is 12.5. The average Bonchev–Trinajstić information content (AvgIpc) is 3.50.